The highest BCUT2D eigenvalue weighted by atomic mass is 32.1. The number of nitrogens with one attached hydrogen (secondary N) is 3. The molecular formula is C21H19N3O4S. The number of carbonyl (C=O) groups is 2. The van der Waals surface area contributed by atoms with Crippen LogP contribution in [-0.2, 0) is 4.79 Å². The third-order valence-electron chi connectivity index (χ3n) is 4.00. The molecule has 0 spiro atoms. The smallest absolute Gasteiger partial charge is 0.276 e. The van der Waals surface area contributed by atoms with E-state index in [2.05, 4.69) is 16.2 Å². The van der Waals surface area contributed by atoms with Gasteiger partial charge in [-0.15, -0.1) is 0 Å². The van der Waals surface area contributed by atoms with Gasteiger partial charge in [0.25, 0.3) is 11.8 Å². The maximum Gasteiger partial charge on any atom is 0.276 e. The topological polar surface area (TPSA) is 88.7 Å². The number of rotatable bonds is 5. The lowest BCUT2D eigenvalue weighted by molar-refractivity contribution is -0.123. The number of benzene rings is 3. The normalized spacial score (nSPS) is 10.1. The van der Waals surface area contributed by atoms with Crippen molar-refractivity contribution in [2.24, 2.45) is 0 Å². The Balaban J connectivity index is 1.49. The molecule has 3 aromatic carbocycles. The molecule has 0 fully saturated rings. The average Bonchev–Trinajstić information content (AvgIpc) is 2.76. The molecule has 0 aliphatic heterocycles. The molecule has 3 N–H and O–H groups in total. The van der Waals surface area contributed by atoms with E-state index >= 15 is 0 Å². The van der Waals surface area contributed by atoms with Crippen molar-refractivity contribution in [2.75, 3.05) is 13.7 Å². The molecule has 0 aliphatic carbocycles. The van der Waals surface area contributed by atoms with E-state index in [-0.39, 0.29) is 11.7 Å². The molecule has 0 heterocycles. The van der Waals surface area contributed by atoms with Crippen LogP contribution in [0, 0.1) is 0 Å². The summed E-state index contributed by atoms with van der Waals surface area (Å²) in [4.78, 5) is 24.3. The summed E-state index contributed by atoms with van der Waals surface area (Å²) >= 11 is 5.03. The number of ether oxygens (including phenoxy) is 2. The minimum absolute atomic E-state index is 0.0561. The second-order valence-electron chi connectivity index (χ2n) is 5.92. The third-order valence-corrected chi connectivity index (χ3v) is 4.21. The van der Waals surface area contributed by atoms with E-state index < -0.39 is 11.8 Å². The molecule has 0 radical (unpaired) electrons. The molecule has 7 nitrogen and oxygen atoms in total. The molecule has 2 amide bonds. The Morgan fingerprint density at radius 3 is 2.41 bits per heavy atom. The molecule has 0 saturated heterocycles. The van der Waals surface area contributed by atoms with Gasteiger partial charge in [0.15, 0.2) is 11.7 Å². The summed E-state index contributed by atoms with van der Waals surface area (Å²) in [6.45, 7) is -0.218. The summed E-state index contributed by atoms with van der Waals surface area (Å²) in [5, 5.41) is 4.34. The lowest BCUT2D eigenvalue weighted by Crippen LogP contribution is -2.49. The lowest BCUT2D eigenvalue weighted by Gasteiger charge is -2.13. The lowest BCUT2D eigenvalue weighted by atomic mass is 10.1. The van der Waals surface area contributed by atoms with Crippen LogP contribution in [0.3, 0.4) is 0 Å². The fourth-order valence-electron chi connectivity index (χ4n) is 2.66. The van der Waals surface area contributed by atoms with Gasteiger partial charge in [-0.1, -0.05) is 48.5 Å². The van der Waals surface area contributed by atoms with Crippen LogP contribution >= 0.6 is 12.2 Å². The Hall–Kier alpha value is -3.65. The molecule has 148 valence electrons. The van der Waals surface area contributed by atoms with Gasteiger partial charge in [0.2, 0.25) is 0 Å². The Morgan fingerprint density at radius 1 is 0.897 bits per heavy atom. The molecule has 0 bridgehead atoms. The molecule has 3 aromatic rings. The molecule has 3 rings (SSSR count). The van der Waals surface area contributed by atoms with Gasteiger partial charge in [-0.3, -0.25) is 25.8 Å². The maximum absolute atomic E-state index is 12.3. The second-order valence-corrected chi connectivity index (χ2v) is 6.33. The summed E-state index contributed by atoms with van der Waals surface area (Å²) in [5.74, 6) is 0.110. The van der Waals surface area contributed by atoms with Gasteiger partial charge in [0.05, 0.1) is 12.7 Å². The first-order valence-corrected chi connectivity index (χ1v) is 9.13. The summed E-state index contributed by atoms with van der Waals surface area (Å²) < 4.78 is 10.7. The first kappa shape index (κ1) is 20.1. The summed E-state index contributed by atoms with van der Waals surface area (Å²) in [7, 11) is 1.47. The SMILES string of the molecule is COc1ccccc1C(=O)NC(=S)NNC(=O)COc1cccc2ccccc12. The zero-order valence-corrected chi connectivity index (χ0v) is 16.4. The average molecular weight is 409 g/mol. The van der Waals surface area contributed by atoms with E-state index in [1.165, 1.54) is 7.11 Å². The van der Waals surface area contributed by atoms with E-state index in [1.807, 2.05) is 36.4 Å². The number of hydrazine groups is 1. The molecule has 29 heavy (non-hydrogen) atoms. The highest BCUT2D eigenvalue weighted by Gasteiger charge is 2.13. The van der Waals surface area contributed by atoms with Gasteiger partial charge in [-0.2, -0.15) is 0 Å². The van der Waals surface area contributed by atoms with Gasteiger partial charge in [0, 0.05) is 5.39 Å². The first-order valence-electron chi connectivity index (χ1n) is 8.72. The summed E-state index contributed by atoms with van der Waals surface area (Å²) in [6.07, 6.45) is 0. The molecule has 8 heteroatoms. The Kier molecular flexibility index (Phi) is 6.59. The van der Waals surface area contributed by atoms with Crippen molar-refractivity contribution in [3.63, 3.8) is 0 Å². The van der Waals surface area contributed by atoms with Crippen LogP contribution in [0.4, 0.5) is 0 Å². The van der Waals surface area contributed by atoms with Crippen molar-refractivity contribution in [1.82, 2.24) is 16.2 Å². The van der Waals surface area contributed by atoms with Crippen LogP contribution in [-0.4, -0.2) is 30.6 Å². The van der Waals surface area contributed by atoms with Crippen molar-refractivity contribution >= 4 is 39.9 Å². The van der Waals surface area contributed by atoms with Gasteiger partial charge in [-0.05, 0) is 35.8 Å². The monoisotopic (exact) mass is 409 g/mol. The van der Waals surface area contributed by atoms with E-state index in [1.54, 1.807) is 30.3 Å². The molecule has 0 atom stereocenters. The van der Waals surface area contributed by atoms with Crippen LogP contribution in [0.2, 0.25) is 0 Å². The van der Waals surface area contributed by atoms with Crippen LogP contribution in [0.25, 0.3) is 10.8 Å². The van der Waals surface area contributed by atoms with E-state index in [0.717, 1.165) is 10.8 Å². The van der Waals surface area contributed by atoms with Crippen molar-refractivity contribution in [3.05, 3.63) is 72.3 Å². The van der Waals surface area contributed by atoms with Gasteiger partial charge in [-0.25, -0.2) is 0 Å². The number of amides is 2. The Morgan fingerprint density at radius 2 is 1.59 bits per heavy atom. The minimum Gasteiger partial charge on any atom is -0.496 e. The van der Waals surface area contributed by atoms with Crippen LogP contribution in [0.15, 0.2) is 66.7 Å². The highest BCUT2D eigenvalue weighted by molar-refractivity contribution is 7.80. The number of para-hydroxylation sites is 1. The van der Waals surface area contributed by atoms with Crippen molar-refractivity contribution in [2.45, 2.75) is 0 Å². The number of hydrogen-bond acceptors (Lipinski definition) is 5. The third kappa shape index (κ3) is 5.20. The summed E-state index contributed by atoms with van der Waals surface area (Å²) in [6, 6.07) is 20.1. The van der Waals surface area contributed by atoms with Gasteiger partial charge in [0.1, 0.15) is 11.5 Å². The largest absolute Gasteiger partial charge is 0.496 e. The van der Waals surface area contributed by atoms with E-state index in [4.69, 9.17) is 21.7 Å². The van der Waals surface area contributed by atoms with Gasteiger partial charge < -0.3 is 9.47 Å². The molecule has 0 unspecified atom stereocenters. The van der Waals surface area contributed by atoms with Crippen molar-refractivity contribution in [3.8, 4) is 11.5 Å². The molecule has 0 aliphatic rings. The fourth-order valence-corrected chi connectivity index (χ4v) is 2.81. The predicted molar refractivity (Wildman–Crippen MR) is 114 cm³/mol. The van der Waals surface area contributed by atoms with Crippen LogP contribution in [0.1, 0.15) is 10.4 Å². The van der Waals surface area contributed by atoms with Crippen molar-refractivity contribution < 1.29 is 19.1 Å². The van der Waals surface area contributed by atoms with Crippen LogP contribution in [0.5, 0.6) is 11.5 Å². The minimum atomic E-state index is -0.457. The number of carbonyl (C=O) groups excluding carboxylic acids is 2. The van der Waals surface area contributed by atoms with E-state index in [0.29, 0.717) is 17.1 Å². The number of hydrogen-bond donors (Lipinski definition) is 3. The Labute approximate surface area is 173 Å². The predicted octanol–water partition coefficient (Wildman–Crippen LogP) is 2.56. The molecule has 0 saturated carbocycles. The fraction of sp³-hybridized carbons (Fsp3) is 0.0952. The standard InChI is InChI=1S/C21H19N3O4S/c1-27-17-11-5-4-10-16(17)20(26)22-21(29)24-23-19(25)13-28-18-12-6-8-14-7-2-3-9-15(14)18/h2-12H,13H2,1H3,(H,23,25)(H2,22,24,26,29). The molecular weight excluding hydrogens is 390 g/mol. The van der Waals surface area contributed by atoms with Gasteiger partial charge >= 0.3 is 0 Å². The number of thiocarbonyl (C=S) groups is 1. The zero-order valence-electron chi connectivity index (χ0n) is 15.6. The van der Waals surface area contributed by atoms with E-state index in [9.17, 15) is 9.59 Å². The summed E-state index contributed by atoms with van der Waals surface area (Å²) in [5.41, 5.74) is 5.18. The first-order chi connectivity index (χ1) is 14.1. The maximum atomic E-state index is 12.3. The zero-order chi connectivity index (χ0) is 20.6. The number of fused-ring (bicyclic) bond motifs is 1. The second kappa shape index (κ2) is 9.52. The van der Waals surface area contributed by atoms with Crippen molar-refractivity contribution in [1.29, 1.82) is 0 Å². The quantitative estimate of drug-likeness (QED) is 0.443. The molecule has 0 aromatic heterocycles. The highest BCUT2D eigenvalue weighted by Crippen LogP contribution is 2.24. The van der Waals surface area contributed by atoms with Crippen LogP contribution < -0.4 is 25.6 Å². The Bertz CT molecular complexity index is 1050. The number of methoxy groups -OCH3 is 1.